The predicted molar refractivity (Wildman–Crippen MR) is 112 cm³/mol. The molecule has 0 saturated heterocycles. The van der Waals surface area contributed by atoms with Crippen LogP contribution in [0.25, 0.3) is 0 Å². The molecule has 0 aliphatic rings. The summed E-state index contributed by atoms with van der Waals surface area (Å²) >= 11 is 4.99. The largest absolute Gasteiger partial charge is 0.349 e. The van der Waals surface area contributed by atoms with Gasteiger partial charge < -0.3 is 10.6 Å². The lowest BCUT2D eigenvalue weighted by atomic mass is 10.0. The van der Waals surface area contributed by atoms with Crippen LogP contribution in [0.5, 0.6) is 0 Å². The normalized spacial score (nSPS) is 11.6. The molecule has 27 heavy (non-hydrogen) atoms. The minimum atomic E-state index is -0.650. The van der Waals surface area contributed by atoms with E-state index in [4.69, 9.17) is 0 Å². The van der Waals surface area contributed by atoms with Crippen molar-refractivity contribution in [1.29, 1.82) is 0 Å². The van der Waals surface area contributed by atoms with Crippen LogP contribution in [0.15, 0.2) is 76.6 Å². The Labute approximate surface area is 170 Å². The first kappa shape index (κ1) is 19.3. The zero-order valence-electron chi connectivity index (χ0n) is 14.5. The standard InChI is InChI=1S/C21H19BrN2O2S/c22-19-12-11-17(27-19)14-23-21(26)18(13-15-7-3-1-4-8-15)24-20(25)16-9-5-2-6-10-16/h1-12,18H,13-14H2,(H,23,26)(H,24,25). The summed E-state index contributed by atoms with van der Waals surface area (Å²) in [5.74, 6) is -0.460. The van der Waals surface area contributed by atoms with E-state index in [1.54, 1.807) is 35.6 Å². The van der Waals surface area contributed by atoms with Crippen LogP contribution in [0, 0.1) is 0 Å². The Morgan fingerprint density at radius 3 is 2.22 bits per heavy atom. The summed E-state index contributed by atoms with van der Waals surface area (Å²) in [5, 5.41) is 5.79. The van der Waals surface area contributed by atoms with Crippen molar-refractivity contribution in [3.8, 4) is 0 Å². The molecule has 3 rings (SSSR count). The minimum Gasteiger partial charge on any atom is -0.349 e. The molecular weight excluding hydrogens is 424 g/mol. The predicted octanol–water partition coefficient (Wildman–Crippen LogP) is 4.17. The second-order valence-electron chi connectivity index (χ2n) is 6.01. The highest BCUT2D eigenvalue weighted by Crippen LogP contribution is 2.21. The minimum absolute atomic E-state index is 0.201. The maximum absolute atomic E-state index is 12.8. The van der Waals surface area contributed by atoms with E-state index in [-0.39, 0.29) is 11.8 Å². The lowest BCUT2D eigenvalue weighted by Gasteiger charge is -2.18. The number of benzene rings is 2. The number of carbonyl (C=O) groups excluding carboxylic acids is 2. The maximum Gasteiger partial charge on any atom is 0.251 e. The number of nitrogens with one attached hydrogen (secondary N) is 2. The molecule has 0 fully saturated rings. The molecule has 2 N–H and O–H groups in total. The van der Waals surface area contributed by atoms with Gasteiger partial charge in [0.25, 0.3) is 5.91 Å². The Morgan fingerprint density at radius 1 is 0.926 bits per heavy atom. The van der Waals surface area contributed by atoms with Crippen molar-refractivity contribution in [2.75, 3.05) is 0 Å². The third-order valence-corrected chi connectivity index (χ3v) is 5.63. The highest BCUT2D eigenvalue weighted by molar-refractivity contribution is 9.11. The molecule has 0 bridgehead atoms. The van der Waals surface area contributed by atoms with E-state index in [0.29, 0.717) is 18.5 Å². The van der Waals surface area contributed by atoms with Crippen LogP contribution in [0.3, 0.4) is 0 Å². The van der Waals surface area contributed by atoms with Crippen molar-refractivity contribution in [2.24, 2.45) is 0 Å². The van der Waals surface area contributed by atoms with Crippen molar-refractivity contribution < 1.29 is 9.59 Å². The van der Waals surface area contributed by atoms with Gasteiger partial charge in [0.2, 0.25) is 5.91 Å². The second kappa shape index (κ2) is 9.48. The van der Waals surface area contributed by atoms with Crippen molar-refractivity contribution in [2.45, 2.75) is 19.0 Å². The number of rotatable bonds is 7. The Balaban J connectivity index is 1.70. The molecule has 2 amide bonds. The maximum atomic E-state index is 12.8. The third-order valence-electron chi connectivity index (χ3n) is 4.01. The Morgan fingerprint density at radius 2 is 1.59 bits per heavy atom. The Kier molecular flexibility index (Phi) is 6.79. The monoisotopic (exact) mass is 442 g/mol. The Hall–Kier alpha value is -2.44. The van der Waals surface area contributed by atoms with Crippen LogP contribution in [0.1, 0.15) is 20.8 Å². The van der Waals surface area contributed by atoms with Gasteiger partial charge in [0, 0.05) is 16.9 Å². The number of amides is 2. The molecule has 0 spiro atoms. The number of hydrogen-bond acceptors (Lipinski definition) is 3. The van der Waals surface area contributed by atoms with Gasteiger partial charge in [0.15, 0.2) is 0 Å². The van der Waals surface area contributed by atoms with Gasteiger partial charge in [-0.1, -0.05) is 48.5 Å². The van der Waals surface area contributed by atoms with E-state index in [1.807, 2.05) is 48.5 Å². The molecule has 3 aromatic rings. The van der Waals surface area contributed by atoms with Gasteiger partial charge in [0.05, 0.1) is 10.3 Å². The lowest BCUT2D eigenvalue weighted by molar-refractivity contribution is -0.123. The number of halogens is 1. The fourth-order valence-corrected chi connectivity index (χ4v) is 4.06. The fourth-order valence-electron chi connectivity index (χ4n) is 2.63. The van der Waals surface area contributed by atoms with Crippen LogP contribution in [-0.4, -0.2) is 17.9 Å². The molecule has 0 aliphatic carbocycles. The quantitative estimate of drug-likeness (QED) is 0.576. The van der Waals surface area contributed by atoms with Crippen molar-refractivity contribution in [3.63, 3.8) is 0 Å². The lowest BCUT2D eigenvalue weighted by Crippen LogP contribution is -2.47. The van der Waals surface area contributed by atoms with Gasteiger partial charge in [0.1, 0.15) is 6.04 Å². The van der Waals surface area contributed by atoms with Gasteiger partial charge in [-0.05, 0) is 45.8 Å². The Bertz CT molecular complexity index is 897. The van der Waals surface area contributed by atoms with Gasteiger partial charge in [-0.25, -0.2) is 0 Å². The van der Waals surface area contributed by atoms with Crippen molar-refractivity contribution in [3.05, 3.63) is 92.6 Å². The summed E-state index contributed by atoms with van der Waals surface area (Å²) in [6, 6.07) is 21.9. The van der Waals surface area contributed by atoms with Crippen LogP contribution in [0.2, 0.25) is 0 Å². The number of carbonyl (C=O) groups is 2. The summed E-state index contributed by atoms with van der Waals surface area (Å²) in [4.78, 5) is 26.3. The highest BCUT2D eigenvalue weighted by atomic mass is 79.9. The first-order valence-electron chi connectivity index (χ1n) is 8.53. The average molecular weight is 443 g/mol. The van der Waals surface area contributed by atoms with Crippen LogP contribution in [0.4, 0.5) is 0 Å². The molecule has 1 heterocycles. The summed E-state index contributed by atoms with van der Waals surface area (Å²) in [7, 11) is 0. The van der Waals surface area contributed by atoms with E-state index < -0.39 is 6.04 Å². The molecule has 0 aliphatic heterocycles. The summed E-state index contributed by atoms with van der Waals surface area (Å²) < 4.78 is 1.02. The van der Waals surface area contributed by atoms with E-state index in [2.05, 4.69) is 26.6 Å². The SMILES string of the molecule is O=C(NC(Cc1ccccc1)C(=O)NCc1ccc(Br)s1)c1ccccc1. The van der Waals surface area contributed by atoms with Crippen LogP contribution < -0.4 is 10.6 Å². The van der Waals surface area contributed by atoms with Crippen LogP contribution >= 0.6 is 27.3 Å². The molecule has 2 aromatic carbocycles. The fraction of sp³-hybridized carbons (Fsp3) is 0.143. The zero-order valence-corrected chi connectivity index (χ0v) is 16.9. The first-order valence-corrected chi connectivity index (χ1v) is 10.1. The molecule has 1 aromatic heterocycles. The van der Waals surface area contributed by atoms with Gasteiger partial charge >= 0.3 is 0 Å². The van der Waals surface area contributed by atoms with Gasteiger partial charge in [-0.3, -0.25) is 9.59 Å². The van der Waals surface area contributed by atoms with E-state index in [1.165, 1.54) is 0 Å². The molecule has 6 heteroatoms. The highest BCUT2D eigenvalue weighted by Gasteiger charge is 2.22. The smallest absolute Gasteiger partial charge is 0.251 e. The topological polar surface area (TPSA) is 58.2 Å². The molecule has 138 valence electrons. The van der Waals surface area contributed by atoms with E-state index in [0.717, 1.165) is 14.2 Å². The van der Waals surface area contributed by atoms with Gasteiger partial charge in [-0.15, -0.1) is 11.3 Å². The first-order chi connectivity index (χ1) is 13.1. The summed E-state index contributed by atoms with van der Waals surface area (Å²) in [6.45, 7) is 0.432. The second-order valence-corrected chi connectivity index (χ2v) is 8.55. The van der Waals surface area contributed by atoms with Crippen molar-refractivity contribution in [1.82, 2.24) is 10.6 Å². The number of hydrogen-bond donors (Lipinski definition) is 2. The van der Waals surface area contributed by atoms with Crippen molar-refractivity contribution >= 4 is 39.1 Å². The average Bonchev–Trinajstić information content (AvgIpc) is 3.12. The van der Waals surface area contributed by atoms with E-state index in [9.17, 15) is 9.59 Å². The molecule has 0 radical (unpaired) electrons. The van der Waals surface area contributed by atoms with Crippen LogP contribution in [-0.2, 0) is 17.8 Å². The molecule has 1 atom stereocenters. The third kappa shape index (κ3) is 5.77. The van der Waals surface area contributed by atoms with E-state index >= 15 is 0 Å². The molecule has 4 nitrogen and oxygen atoms in total. The van der Waals surface area contributed by atoms with Gasteiger partial charge in [-0.2, -0.15) is 0 Å². The number of thiophene rings is 1. The summed E-state index contributed by atoms with van der Waals surface area (Å²) in [6.07, 6.45) is 0.430. The molecule has 0 saturated carbocycles. The summed E-state index contributed by atoms with van der Waals surface area (Å²) in [5.41, 5.74) is 1.52. The molecule has 1 unspecified atom stereocenters. The zero-order chi connectivity index (χ0) is 19.1. The molecular formula is C21H19BrN2O2S.